The maximum absolute atomic E-state index is 3.36. The van der Waals surface area contributed by atoms with Crippen molar-refractivity contribution in [3.63, 3.8) is 0 Å². The van der Waals surface area contributed by atoms with Crippen LogP contribution in [0.15, 0.2) is 308 Å². The molecular weight excluding hydrogens is 1190 g/mol. The zero-order valence-corrected chi connectivity index (χ0v) is 56.3. The van der Waals surface area contributed by atoms with Crippen molar-refractivity contribution >= 4 is 24.4 Å². The molecule has 1 aliphatic carbocycles. The molecular formula is C84H70Cl3SiTi. The van der Waals surface area contributed by atoms with Crippen molar-refractivity contribution in [2.24, 2.45) is 5.92 Å². The minimum Gasteiger partial charge on any atom is -1.00 e. The van der Waals surface area contributed by atoms with Crippen LogP contribution in [0.25, 0.3) is 100 Å². The van der Waals surface area contributed by atoms with Crippen LogP contribution in [0.4, 0.5) is 0 Å². The smallest absolute Gasteiger partial charge is 1.00 e. The molecule has 1 unspecified atom stereocenters. The van der Waals surface area contributed by atoms with E-state index in [1.807, 2.05) is 0 Å². The first-order valence-electron chi connectivity index (χ1n) is 29.8. The fourth-order valence-electron chi connectivity index (χ4n) is 12.9. The van der Waals surface area contributed by atoms with Crippen molar-refractivity contribution < 1.29 is 58.9 Å². The molecule has 435 valence electrons. The third-order valence-corrected chi connectivity index (χ3v) is 20.6. The normalized spacial score (nSPS) is 12.3. The second-order valence-corrected chi connectivity index (χ2v) is 24.9. The van der Waals surface area contributed by atoms with Crippen LogP contribution in [0.3, 0.4) is 0 Å². The van der Waals surface area contributed by atoms with Gasteiger partial charge in [-0.15, -0.1) is 6.92 Å². The van der Waals surface area contributed by atoms with Gasteiger partial charge in [0.2, 0.25) is 0 Å². The van der Waals surface area contributed by atoms with E-state index in [9.17, 15) is 0 Å². The van der Waals surface area contributed by atoms with Crippen molar-refractivity contribution in [1.29, 1.82) is 0 Å². The van der Waals surface area contributed by atoms with Gasteiger partial charge in [0, 0.05) is 0 Å². The molecule has 0 heterocycles. The first kappa shape index (κ1) is 66.9. The van der Waals surface area contributed by atoms with Gasteiger partial charge in [0.05, 0.1) is 0 Å². The van der Waals surface area contributed by atoms with Gasteiger partial charge in [0.25, 0.3) is 0 Å². The van der Waals surface area contributed by atoms with Gasteiger partial charge in [-0.25, -0.2) is 5.57 Å². The topological polar surface area (TPSA) is 0 Å². The molecule has 0 fully saturated rings. The van der Waals surface area contributed by atoms with Crippen molar-refractivity contribution in [2.45, 2.75) is 48.5 Å². The van der Waals surface area contributed by atoms with Crippen LogP contribution >= 0.6 is 0 Å². The zero-order chi connectivity index (χ0) is 58.4. The Morgan fingerprint density at radius 3 is 0.629 bits per heavy atom. The Bertz CT molecular complexity index is 3950. The maximum atomic E-state index is 3.36. The summed E-state index contributed by atoms with van der Waals surface area (Å²) < 4.78 is 0. The Morgan fingerprint density at radius 1 is 0.270 bits per heavy atom. The molecule has 13 rings (SSSR count). The molecule has 1 aliphatic rings. The van der Waals surface area contributed by atoms with Gasteiger partial charge in [-0.2, -0.15) is 11.1 Å². The minimum atomic E-state index is -2.04. The van der Waals surface area contributed by atoms with Gasteiger partial charge in [-0.3, -0.25) is 6.08 Å². The van der Waals surface area contributed by atoms with Gasteiger partial charge in [-0.05, 0) is 153 Å². The Kier molecular flexibility index (Phi) is 22.9. The van der Waals surface area contributed by atoms with E-state index in [4.69, 9.17) is 0 Å². The van der Waals surface area contributed by atoms with Crippen LogP contribution in [0, 0.1) is 32.8 Å². The standard InChI is InChI=1S/C75H57Si.C9H13.3ClH.Ti/c1-52-67(49-64(55-31-13-4-14-32-55)73(61-43-25-10-26-44-61)70(52)58-37-19-7-20-38-58)76(68-50-65(56-33-15-5-16-34-56)74(62-45-27-11-28-46-62)71(53(68)2)59-39-21-8-22-40-59)69-51-66(57-35-17-6-18-36-57)75(63-47-29-12-30-48-63)72(54(69)3)60-41-23-9-24-42-60;1-6-5-7(2)9(4)8(6)3;;;;/h4-51H,1-3H3;6H,1-4H3;3*1H;/q;-1;;;;+4/p-3. The predicted molar refractivity (Wildman–Crippen MR) is 367 cm³/mol. The molecule has 0 amide bonds. The van der Waals surface area contributed by atoms with Crippen LogP contribution < -0.4 is 52.8 Å². The first-order chi connectivity index (χ1) is 41.7. The SMILES string of the molecule is CC1=[C-]C(C)C(C)=C1C.Cc1c([Si](c2cc(-c3ccccc3)c(-c3ccccc3)c(-c3ccccc3)c2C)c2cc(-c3ccccc3)c(-c3ccccc3)c(-c3ccccc3)c2C)cc(-c2ccccc2)c(-c2ccccc2)c1-c1ccccc1.[Cl-].[Cl-].[Cl-].[Ti+4]. The number of hydrogen-bond donors (Lipinski definition) is 0. The molecule has 0 saturated heterocycles. The maximum Gasteiger partial charge on any atom is 4.00 e. The van der Waals surface area contributed by atoms with E-state index in [1.54, 1.807) is 0 Å². The molecule has 0 aliphatic heterocycles. The Morgan fingerprint density at radius 2 is 0.461 bits per heavy atom. The third kappa shape index (κ3) is 13.7. The number of hydrogen-bond acceptors (Lipinski definition) is 0. The second kappa shape index (κ2) is 30.4. The van der Waals surface area contributed by atoms with Crippen LogP contribution in [0.1, 0.15) is 44.4 Å². The van der Waals surface area contributed by atoms with Crippen LogP contribution in [-0.2, 0) is 21.7 Å². The summed E-state index contributed by atoms with van der Waals surface area (Å²) in [6.45, 7) is 15.9. The summed E-state index contributed by atoms with van der Waals surface area (Å²) in [6, 6.07) is 108. The minimum absolute atomic E-state index is 0. The molecule has 0 bridgehead atoms. The summed E-state index contributed by atoms with van der Waals surface area (Å²) in [5.74, 6) is 0.560. The molecule has 1 atom stereocenters. The number of allylic oxidation sites excluding steroid dienone is 4. The number of benzene rings is 12. The molecule has 0 nitrogen and oxygen atoms in total. The van der Waals surface area contributed by atoms with Crippen molar-refractivity contribution in [3.8, 4) is 100 Å². The van der Waals surface area contributed by atoms with E-state index in [0.717, 1.165) is 0 Å². The van der Waals surface area contributed by atoms with E-state index in [0.29, 0.717) is 5.92 Å². The van der Waals surface area contributed by atoms with E-state index in [2.05, 4.69) is 346 Å². The van der Waals surface area contributed by atoms with Gasteiger partial charge >= 0.3 is 21.7 Å². The second-order valence-electron chi connectivity index (χ2n) is 22.5. The number of halogens is 3. The van der Waals surface area contributed by atoms with E-state index >= 15 is 0 Å². The van der Waals surface area contributed by atoms with E-state index in [-0.39, 0.29) is 58.9 Å². The van der Waals surface area contributed by atoms with Crippen molar-refractivity contribution in [2.75, 3.05) is 0 Å². The molecule has 89 heavy (non-hydrogen) atoms. The van der Waals surface area contributed by atoms with Crippen molar-refractivity contribution in [1.82, 2.24) is 0 Å². The van der Waals surface area contributed by atoms with Gasteiger partial charge in [0.15, 0.2) is 8.80 Å². The van der Waals surface area contributed by atoms with Crippen LogP contribution in [0.5, 0.6) is 0 Å². The molecule has 0 spiro atoms. The quantitative estimate of drug-likeness (QED) is 0.0650. The summed E-state index contributed by atoms with van der Waals surface area (Å²) in [6.07, 6.45) is 3.36. The summed E-state index contributed by atoms with van der Waals surface area (Å²) in [5.41, 5.74) is 30.1. The van der Waals surface area contributed by atoms with Gasteiger partial charge < -0.3 is 37.2 Å². The summed E-state index contributed by atoms with van der Waals surface area (Å²) >= 11 is 0. The monoisotopic (exact) mass is 1260 g/mol. The Labute approximate surface area is 564 Å². The fourth-order valence-corrected chi connectivity index (χ4v) is 16.1. The molecule has 0 aromatic heterocycles. The molecule has 12 aromatic rings. The molecule has 0 N–H and O–H groups in total. The van der Waals surface area contributed by atoms with Gasteiger partial charge in [-0.1, -0.05) is 318 Å². The average Bonchev–Trinajstić information content (AvgIpc) is 1.46. The zero-order valence-electron chi connectivity index (χ0n) is 51.4. The van der Waals surface area contributed by atoms with E-state index < -0.39 is 8.80 Å². The van der Waals surface area contributed by atoms with Crippen LogP contribution in [-0.4, -0.2) is 8.80 Å². The Balaban J connectivity index is 0.000000726. The number of rotatable bonds is 12. The van der Waals surface area contributed by atoms with Crippen molar-refractivity contribution in [3.05, 3.63) is 331 Å². The molecule has 1 radical (unpaired) electrons. The molecule has 5 heteroatoms. The van der Waals surface area contributed by atoms with Gasteiger partial charge in [0.1, 0.15) is 0 Å². The fraction of sp³-hybridized carbons (Fsp3) is 0.0952. The average molecular weight is 1260 g/mol. The first-order valence-corrected chi connectivity index (χ1v) is 31.3. The van der Waals surface area contributed by atoms with E-state index in [1.165, 1.54) is 149 Å². The van der Waals surface area contributed by atoms with Crippen LogP contribution in [0.2, 0.25) is 0 Å². The molecule has 0 saturated carbocycles. The largest absolute Gasteiger partial charge is 4.00 e. The summed E-state index contributed by atoms with van der Waals surface area (Å²) in [5, 5.41) is 4.10. The summed E-state index contributed by atoms with van der Waals surface area (Å²) in [7, 11) is -2.04. The third-order valence-electron chi connectivity index (χ3n) is 17.4. The summed E-state index contributed by atoms with van der Waals surface area (Å²) in [4.78, 5) is 0. The molecule has 12 aromatic carbocycles. The predicted octanol–water partition coefficient (Wildman–Crippen LogP) is 11.9. The Hall–Kier alpha value is -8.08.